The van der Waals surface area contributed by atoms with Crippen LogP contribution in [0.25, 0.3) is 11.0 Å². The second kappa shape index (κ2) is 12.5. The summed E-state index contributed by atoms with van der Waals surface area (Å²) in [6.45, 7) is 11.8. The minimum absolute atomic E-state index is 0.0632. The predicted molar refractivity (Wildman–Crippen MR) is 141 cm³/mol. The third-order valence-electron chi connectivity index (χ3n) is 5.85. The molecule has 0 radical (unpaired) electrons. The second-order valence-electron chi connectivity index (χ2n) is 10.1. The highest BCUT2D eigenvalue weighted by Crippen LogP contribution is 2.42. The van der Waals surface area contributed by atoms with E-state index in [2.05, 4.69) is 20.1 Å². The largest absolute Gasteiger partial charge is 0.462 e. The Hall–Kier alpha value is -2.57. The number of nitrogens with zero attached hydrogens (tertiary/aromatic N) is 3. The summed E-state index contributed by atoms with van der Waals surface area (Å²) in [7, 11) is -3.95. The summed E-state index contributed by atoms with van der Waals surface area (Å²) in [4.78, 5) is 33.1. The van der Waals surface area contributed by atoms with Gasteiger partial charge in [-0.2, -0.15) is 0 Å². The summed E-state index contributed by atoms with van der Waals surface area (Å²) in [5, 5.41) is 6.11. The average Bonchev–Trinajstić information content (AvgIpc) is 3.40. The van der Waals surface area contributed by atoms with Crippen LogP contribution in [0.2, 0.25) is 0 Å². The molecule has 2 aromatic rings. The number of nitrogens with one attached hydrogen (secondary N) is 2. The highest BCUT2D eigenvalue weighted by Gasteiger charge is 2.38. The smallest absolute Gasteiger partial charge is 0.342 e. The Labute approximate surface area is 222 Å². The summed E-state index contributed by atoms with van der Waals surface area (Å²) in [6.07, 6.45) is 2.39. The lowest BCUT2D eigenvalue weighted by Crippen LogP contribution is -2.43. The Bertz CT molecular complexity index is 1140. The van der Waals surface area contributed by atoms with E-state index in [0.29, 0.717) is 17.9 Å². The van der Waals surface area contributed by atoms with Gasteiger partial charge in [-0.1, -0.05) is 6.92 Å². The zero-order valence-electron chi connectivity index (χ0n) is 22.9. The molecule has 2 aromatic heterocycles. The zero-order chi connectivity index (χ0) is 28.2. The van der Waals surface area contributed by atoms with E-state index in [9.17, 15) is 14.2 Å². The van der Waals surface area contributed by atoms with Crippen molar-refractivity contribution < 1.29 is 32.9 Å². The van der Waals surface area contributed by atoms with Crippen LogP contribution in [0.4, 0.5) is 5.82 Å². The second-order valence-corrected chi connectivity index (χ2v) is 12.0. The van der Waals surface area contributed by atoms with Gasteiger partial charge >= 0.3 is 19.6 Å². The van der Waals surface area contributed by atoms with Crippen molar-refractivity contribution in [2.75, 3.05) is 12.3 Å². The number of hydrogen-bond donors (Lipinski definition) is 3. The summed E-state index contributed by atoms with van der Waals surface area (Å²) in [5.74, 6) is -0.743. The Kier molecular flexibility index (Phi) is 9.88. The maximum Gasteiger partial charge on any atom is 0.342 e. The van der Waals surface area contributed by atoms with Crippen LogP contribution in [-0.2, 0) is 32.9 Å². The minimum atomic E-state index is -3.95. The first-order chi connectivity index (χ1) is 17.8. The van der Waals surface area contributed by atoms with Crippen LogP contribution in [0.15, 0.2) is 18.6 Å². The number of fused-ring (bicyclic) bond motifs is 1. The van der Waals surface area contributed by atoms with Crippen molar-refractivity contribution in [3.8, 4) is 0 Å². The summed E-state index contributed by atoms with van der Waals surface area (Å²) >= 11 is 0. The number of nitrogens with two attached hydrogens (primary N) is 1. The van der Waals surface area contributed by atoms with Gasteiger partial charge in [-0.3, -0.25) is 14.2 Å². The van der Waals surface area contributed by atoms with Crippen LogP contribution in [0.1, 0.15) is 61.1 Å². The first-order valence-electron chi connectivity index (χ1n) is 12.7. The molecule has 0 saturated carbocycles. The number of hydrogen-bond acceptors (Lipinski definition) is 10. The molecule has 1 aliphatic rings. The normalized spacial score (nSPS) is 22.9. The van der Waals surface area contributed by atoms with Crippen molar-refractivity contribution in [3.05, 3.63) is 18.6 Å². The van der Waals surface area contributed by atoms with Crippen molar-refractivity contribution in [3.63, 3.8) is 0 Å². The molecule has 0 spiro atoms. The number of carbonyl (C=O) groups excluding carboxylic acids is 2. The Balaban J connectivity index is 1.72. The van der Waals surface area contributed by atoms with Gasteiger partial charge in [-0.05, 0) is 54.0 Å². The molecule has 0 aliphatic carbocycles. The standard InChI is InChI=1S/C24H39N6O7P/c1-13(2)35-23(31)16(6)28-38(33,29-17(7)24(32)36-14(3)4)34-11-18-10-15(5)22(37-18)30-9-8-19-20(25)26-12-27-21(19)30/h8-9,12-18,22H,10-11H2,1-7H3,(H2,25,26,27)(H2,28,29,33). The molecule has 3 heterocycles. The van der Waals surface area contributed by atoms with E-state index in [1.54, 1.807) is 27.7 Å². The van der Waals surface area contributed by atoms with Crippen LogP contribution < -0.4 is 15.9 Å². The van der Waals surface area contributed by atoms with E-state index >= 15 is 0 Å². The summed E-state index contributed by atoms with van der Waals surface area (Å²) in [6, 6.07) is -0.116. The number of aromatic nitrogens is 3. The summed E-state index contributed by atoms with van der Waals surface area (Å²) < 4.78 is 38.2. The number of carbonyl (C=O) groups is 2. The molecule has 4 N–H and O–H groups in total. The first kappa shape index (κ1) is 30.0. The number of esters is 2. The van der Waals surface area contributed by atoms with Crippen molar-refractivity contribution in [1.82, 2.24) is 24.7 Å². The van der Waals surface area contributed by atoms with E-state index in [0.717, 1.165) is 5.39 Å². The number of nitrogen functional groups attached to an aromatic ring is 1. The molecule has 1 fully saturated rings. The van der Waals surface area contributed by atoms with E-state index in [-0.39, 0.29) is 31.0 Å². The Morgan fingerprint density at radius 3 is 2.24 bits per heavy atom. The number of ether oxygens (including phenoxy) is 3. The van der Waals surface area contributed by atoms with Gasteiger partial charge in [0.15, 0.2) is 0 Å². The van der Waals surface area contributed by atoms with Crippen LogP contribution in [0, 0.1) is 5.92 Å². The molecule has 1 aliphatic heterocycles. The molecule has 13 nitrogen and oxygen atoms in total. The fourth-order valence-corrected chi connectivity index (χ4v) is 5.98. The fraction of sp³-hybridized carbons (Fsp3) is 0.667. The van der Waals surface area contributed by atoms with E-state index in [4.69, 9.17) is 24.5 Å². The first-order valence-corrected chi connectivity index (χ1v) is 14.4. The van der Waals surface area contributed by atoms with Gasteiger partial charge in [0, 0.05) is 12.1 Å². The van der Waals surface area contributed by atoms with Gasteiger partial charge in [0.1, 0.15) is 36.1 Å². The molecule has 3 rings (SSSR count). The van der Waals surface area contributed by atoms with Gasteiger partial charge in [0.25, 0.3) is 0 Å². The average molecular weight is 555 g/mol. The third-order valence-corrected chi connectivity index (χ3v) is 7.81. The number of anilines is 1. The van der Waals surface area contributed by atoms with Crippen molar-refractivity contribution >= 4 is 36.5 Å². The fourth-order valence-electron chi connectivity index (χ4n) is 4.14. The van der Waals surface area contributed by atoms with Crippen molar-refractivity contribution in [1.29, 1.82) is 0 Å². The predicted octanol–water partition coefficient (Wildman–Crippen LogP) is 2.92. The topological polar surface area (TPSA) is 169 Å². The lowest BCUT2D eigenvalue weighted by Gasteiger charge is -2.27. The van der Waals surface area contributed by atoms with E-state index in [1.165, 1.54) is 20.2 Å². The van der Waals surface area contributed by atoms with Crippen molar-refractivity contribution in [2.45, 2.75) is 91.5 Å². The SMILES string of the molecule is CC(C)OC(=O)C(C)NP(=O)(NC(C)C(=O)OC(C)C)OCC1CC(C)C(n2ccc3c(N)ncnc32)O1. The maximum absolute atomic E-state index is 13.8. The van der Waals surface area contributed by atoms with Gasteiger partial charge in [0.2, 0.25) is 0 Å². The molecule has 0 bridgehead atoms. The Morgan fingerprint density at radius 1 is 1.11 bits per heavy atom. The quantitative estimate of drug-likeness (QED) is 0.259. The van der Waals surface area contributed by atoms with Gasteiger partial charge in [-0.25, -0.2) is 20.1 Å². The molecule has 212 valence electrons. The zero-order valence-corrected chi connectivity index (χ0v) is 23.8. The highest BCUT2D eigenvalue weighted by atomic mass is 31.2. The van der Waals surface area contributed by atoms with Gasteiger partial charge in [0.05, 0.1) is 30.3 Å². The molecule has 1 saturated heterocycles. The van der Waals surface area contributed by atoms with Gasteiger partial charge < -0.3 is 29.0 Å². The maximum atomic E-state index is 13.8. The molecule has 0 amide bonds. The summed E-state index contributed by atoms with van der Waals surface area (Å²) in [5.41, 5.74) is 6.62. The molecule has 5 unspecified atom stereocenters. The Morgan fingerprint density at radius 2 is 1.68 bits per heavy atom. The molecule has 38 heavy (non-hydrogen) atoms. The van der Waals surface area contributed by atoms with Gasteiger partial charge in [-0.15, -0.1) is 0 Å². The molecular formula is C24H39N6O7P. The lowest BCUT2D eigenvalue weighted by molar-refractivity contribution is -0.149. The van der Waals surface area contributed by atoms with Crippen LogP contribution in [0.3, 0.4) is 0 Å². The van der Waals surface area contributed by atoms with E-state index < -0.39 is 37.8 Å². The molecule has 0 aromatic carbocycles. The lowest BCUT2D eigenvalue weighted by atomic mass is 10.1. The molecule has 14 heteroatoms. The monoisotopic (exact) mass is 554 g/mol. The van der Waals surface area contributed by atoms with E-state index in [1.807, 2.05) is 23.8 Å². The number of rotatable bonds is 12. The highest BCUT2D eigenvalue weighted by molar-refractivity contribution is 7.54. The molecular weight excluding hydrogens is 515 g/mol. The van der Waals surface area contributed by atoms with Crippen LogP contribution in [0.5, 0.6) is 0 Å². The van der Waals surface area contributed by atoms with Crippen molar-refractivity contribution in [2.24, 2.45) is 5.92 Å². The van der Waals surface area contributed by atoms with Crippen LogP contribution in [-0.4, -0.2) is 63.5 Å². The molecule has 5 atom stereocenters. The third kappa shape index (κ3) is 7.51. The minimum Gasteiger partial charge on any atom is -0.462 e. The van der Waals surface area contributed by atoms with Crippen LogP contribution >= 0.6 is 7.67 Å².